The van der Waals surface area contributed by atoms with Crippen molar-refractivity contribution in [2.75, 3.05) is 19.8 Å². The Labute approximate surface area is 188 Å². The van der Waals surface area contributed by atoms with Gasteiger partial charge >= 0.3 is 30.2 Å². The summed E-state index contributed by atoms with van der Waals surface area (Å²) in [5.74, 6) is -19.7. The highest BCUT2D eigenvalue weighted by Crippen LogP contribution is 2.62. The van der Waals surface area contributed by atoms with Crippen molar-refractivity contribution in [1.82, 2.24) is 0 Å². The van der Waals surface area contributed by atoms with E-state index >= 15 is 0 Å². The summed E-state index contributed by atoms with van der Waals surface area (Å²) in [5, 5.41) is 0. The minimum absolute atomic E-state index is 0.00682. The van der Waals surface area contributed by atoms with Crippen molar-refractivity contribution in [3.8, 4) is 0 Å². The summed E-state index contributed by atoms with van der Waals surface area (Å²) >= 11 is 0. The predicted molar refractivity (Wildman–Crippen MR) is 104 cm³/mol. The zero-order valence-corrected chi connectivity index (χ0v) is 19.4. The van der Waals surface area contributed by atoms with Gasteiger partial charge in [0.15, 0.2) is 6.61 Å². The molecule has 3 nitrogen and oxygen atoms in total. The third-order valence-electron chi connectivity index (χ3n) is 7.40. The lowest BCUT2D eigenvalue weighted by Crippen LogP contribution is -2.59. The number of esters is 1. The highest BCUT2D eigenvalue weighted by molar-refractivity contribution is 5.78. The van der Waals surface area contributed by atoms with E-state index in [0.29, 0.717) is 12.8 Å². The van der Waals surface area contributed by atoms with Gasteiger partial charge in [0, 0.05) is 6.61 Å². The summed E-state index contributed by atoms with van der Waals surface area (Å²) in [4.78, 5) is 12.9. The number of fused-ring (bicyclic) bond motifs is 2. The van der Waals surface area contributed by atoms with Crippen molar-refractivity contribution >= 4 is 5.97 Å². The molecule has 2 saturated carbocycles. The van der Waals surface area contributed by atoms with Gasteiger partial charge < -0.3 is 9.47 Å². The molecule has 0 amide bonds. The summed E-state index contributed by atoms with van der Waals surface area (Å²) < 4.78 is 116. The fraction of sp³-hybridized carbons (Fsp3) is 0.955. The quantitative estimate of drug-likeness (QED) is 0.198. The maximum atomic E-state index is 13.9. The van der Waals surface area contributed by atoms with Crippen LogP contribution in [0, 0.1) is 34.5 Å². The largest absolute Gasteiger partial charge is 0.459 e. The third-order valence-corrected chi connectivity index (χ3v) is 7.40. The third kappa shape index (κ3) is 5.12. The van der Waals surface area contributed by atoms with E-state index in [2.05, 4.69) is 4.74 Å². The van der Waals surface area contributed by atoms with Crippen LogP contribution in [-0.4, -0.2) is 50.0 Å². The molecule has 194 valence electrons. The van der Waals surface area contributed by atoms with Crippen molar-refractivity contribution in [2.45, 2.75) is 78.1 Å². The molecular weight excluding hydrogens is 464 g/mol. The predicted octanol–water partition coefficient (Wildman–Crippen LogP) is 6.45. The van der Waals surface area contributed by atoms with E-state index in [1.54, 1.807) is 0 Å². The van der Waals surface area contributed by atoms with Gasteiger partial charge in [0.2, 0.25) is 0 Å². The number of halogens is 8. The number of hydrogen-bond donors (Lipinski definition) is 0. The molecule has 5 atom stereocenters. The van der Waals surface area contributed by atoms with Gasteiger partial charge in [-0.1, -0.05) is 34.6 Å². The van der Waals surface area contributed by atoms with Crippen molar-refractivity contribution in [3.05, 3.63) is 0 Å². The summed E-state index contributed by atoms with van der Waals surface area (Å²) in [6.45, 7) is 7.43. The Hall–Kier alpha value is -1.13. The van der Waals surface area contributed by atoms with Crippen LogP contribution >= 0.6 is 0 Å². The molecule has 0 aromatic heterocycles. The topological polar surface area (TPSA) is 35.5 Å². The van der Waals surface area contributed by atoms with Gasteiger partial charge in [-0.15, -0.1) is 0 Å². The Balaban J connectivity index is 2.18. The smallest absolute Gasteiger partial charge is 0.381 e. The molecule has 2 rings (SSSR count). The van der Waals surface area contributed by atoms with Gasteiger partial charge in [-0.25, -0.2) is 8.78 Å². The van der Waals surface area contributed by atoms with Crippen LogP contribution in [0.25, 0.3) is 0 Å². The first-order valence-corrected chi connectivity index (χ1v) is 11.0. The monoisotopic (exact) mass is 496 g/mol. The lowest BCUT2D eigenvalue weighted by Gasteiger charge is -2.41. The Morgan fingerprint density at radius 2 is 1.61 bits per heavy atom. The van der Waals surface area contributed by atoms with Crippen LogP contribution in [0.5, 0.6) is 0 Å². The molecule has 0 aromatic rings. The highest BCUT2D eigenvalue weighted by Gasteiger charge is 2.76. The Morgan fingerprint density at radius 3 is 2.06 bits per heavy atom. The van der Waals surface area contributed by atoms with Gasteiger partial charge in [0.05, 0.1) is 12.0 Å². The number of ether oxygens (including phenoxy) is 2. The minimum atomic E-state index is -6.42. The molecule has 33 heavy (non-hydrogen) atoms. The van der Waals surface area contributed by atoms with Gasteiger partial charge in [-0.3, -0.25) is 4.79 Å². The fourth-order valence-corrected chi connectivity index (χ4v) is 5.03. The zero-order valence-electron chi connectivity index (χ0n) is 19.4. The molecule has 0 aliphatic heterocycles. The molecule has 0 heterocycles. The van der Waals surface area contributed by atoms with Crippen LogP contribution in [-0.2, 0) is 14.3 Å². The molecule has 2 bridgehead atoms. The second-order valence-electron chi connectivity index (χ2n) is 10.8. The molecule has 0 radical (unpaired) electrons. The van der Waals surface area contributed by atoms with Crippen LogP contribution < -0.4 is 0 Å². The Morgan fingerprint density at radius 1 is 1.03 bits per heavy atom. The SMILES string of the molecule is CC1C2CC(C1C)C(COCCC(C)(C)C)(C(=O)OCC(F)(F)C(F)(F)C(F)(F)C(F)F)C2. The summed E-state index contributed by atoms with van der Waals surface area (Å²) in [6, 6.07) is 0. The van der Waals surface area contributed by atoms with E-state index in [-0.39, 0.29) is 48.7 Å². The first-order valence-electron chi connectivity index (χ1n) is 11.0. The number of carbonyl (C=O) groups excluding carboxylic acids is 1. The molecule has 0 spiro atoms. The molecule has 2 fully saturated rings. The van der Waals surface area contributed by atoms with Crippen LogP contribution in [0.3, 0.4) is 0 Å². The van der Waals surface area contributed by atoms with Gasteiger partial charge in [0.1, 0.15) is 0 Å². The van der Waals surface area contributed by atoms with Crippen LogP contribution in [0.15, 0.2) is 0 Å². The summed E-state index contributed by atoms with van der Waals surface area (Å²) in [7, 11) is 0. The first kappa shape index (κ1) is 28.1. The van der Waals surface area contributed by atoms with Crippen molar-refractivity contribution in [1.29, 1.82) is 0 Å². The molecule has 0 N–H and O–H groups in total. The van der Waals surface area contributed by atoms with E-state index in [4.69, 9.17) is 4.74 Å². The van der Waals surface area contributed by atoms with E-state index < -0.39 is 42.2 Å². The van der Waals surface area contributed by atoms with E-state index in [1.165, 1.54) is 0 Å². The standard InChI is InChI=1S/C22H32F8O3/c1-12-13(2)15-8-14(12)9-19(15,10-32-7-6-18(3,4)5)17(31)33-11-20(25,26)22(29,30)21(27,28)16(23)24/h12-16H,6-11H2,1-5H3. The van der Waals surface area contributed by atoms with Crippen LogP contribution in [0.1, 0.15) is 53.9 Å². The van der Waals surface area contributed by atoms with Crippen molar-refractivity contribution < 1.29 is 49.4 Å². The van der Waals surface area contributed by atoms with E-state index in [0.717, 1.165) is 0 Å². The van der Waals surface area contributed by atoms with Crippen LogP contribution in [0.4, 0.5) is 35.1 Å². The molecule has 2 aliphatic carbocycles. The fourth-order valence-electron chi connectivity index (χ4n) is 5.03. The molecular formula is C22H32F8O3. The second-order valence-corrected chi connectivity index (χ2v) is 10.8. The molecule has 0 saturated heterocycles. The average molecular weight is 496 g/mol. The normalized spacial score (nSPS) is 30.8. The minimum Gasteiger partial charge on any atom is -0.459 e. The average Bonchev–Trinajstić information content (AvgIpc) is 3.19. The number of alkyl halides is 8. The van der Waals surface area contributed by atoms with Crippen molar-refractivity contribution in [2.24, 2.45) is 34.5 Å². The van der Waals surface area contributed by atoms with Gasteiger partial charge in [-0.2, -0.15) is 26.3 Å². The molecule has 5 unspecified atom stereocenters. The van der Waals surface area contributed by atoms with Gasteiger partial charge in [-0.05, 0) is 48.3 Å². The number of rotatable bonds is 10. The van der Waals surface area contributed by atoms with Crippen LogP contribution in [0.2, 0.25) is 0 Å². The summed E-state index contributed by atoms with van der Waals surface area (Å²) in [5.41, 5.74) is -1.46. The van der Waals surface area contributed by atoms with E-state index in [9.17, 15) is 39.9 Å². The Kier molecular flexibility index (Phi) is 7.79. The number of carbonyl (C=O) groups is 1. The maximum absolute atomic E-state index is 13.9. The lowest BCUT2D eigenvalue weighted by atomic mass is 9.66. The lowest BCUT2D eigenvalue weighted by molar-refractivity contribution is -0.344. The number of hydrogen-bond acceptors (Lipinski definition) is 3. The molecule has 2 aliphatic rings. The van der Waals surface area contributed by atoms with Gasteiger partial charge in [0.25, 0.3) is 0 Å². The maximum Gasteiger partial charge on any atom is 0.381 e. The van der Waals surface area contributed by atoms with Crippen molar-refractivity contribution in [3.63, 3.8) is 0 Å². The Bertz CT molecular complexity index is 704. The second kappa shape index (κ2) is 9.15. The van der Waals surface area contributed by atoms with E-state index in [1.807, 2.05) is 34.6 Å². The molecule has 0 aromatic carbocycles. The zero-order chi connectivity index (χ0) is 25.6. The first-order chi connectivity index (χ1) is 14.8. The summed E-state index contributed by atoms with van der Waals surface area (Å²) in [6.07, 6.45) is -3.57. The highest BCUT2D eigenvalue weighted by atomic mass is 19.4. The molecule has 11 heteroatoms.